The van der Waals surface area contributed by atoms with Gasteiger partial charge in [-0.05, 0) is 31.0 Å². The second-order valence-corrected chi connectivity index (χ2v) is 3.97. The molecular weight excluding hydrogens is 209 g/mol. The van der Waals surface area contributed by atoms with Crippen molar-refractivity contribution in [1.29, 1.82) is 0 Å². The van der Waals surface area contributed by atoms with Crippen LogP contribution in [0, 0.1) is 12.7 Å². The second kappa shape index (κ2) is 5.27. The number of anilines is 1. The van der Waals surface area contributed by atoms with Gasteiger partial charge in [0.1, 0.15) is 12.6 Å². The van der Waals surface area contributed by atoms with Crippen LogP contribution in [0.2, 0.25) is 0 Å². The number of aryl methyl sites for hydroxylation is 1. The number of nitrogens with one attached hydrogen (secondary N) is 1. The normalized spacial score (nSPS) is 20.8. The van der Waals surface area contributed by atoms with Crippen molar-refractivity contribution in [2.24, 2.45) is 0 Å². The maximum atomic E-state index is 13.4. The van der Waals surface area contributed by atoms with Gasteiger partial charge in [0, 0.05) is 6.54 Å². The van der Waals surface area contributed by atoms with Crippen molar-refractivity contribution in [3.63, 3.8) is 0 Å². The lowest BCUT2D eigenvalue weighted by Crippen LogP contribution is -2.30. The van der Waals surface area contributed by atoms with Crippen LogP contribution in [-0.2, 0) is 9.47 Å². The van der Waals surface area contributed by atoms with Crippen molar-refractivity contribution in [3.05, 3.63) is 29.6 Å². The van der Waals surface area contributed by atoms with Crippen LogP contribution in [0.3, 0.4) is 0 Å². The smallest absolute Gasteiger partial charge is 0.147 e. The Bertz CT molecular complexity index is 351. The summed E-state index contributed by atoms with van der Waals surface area (Å²) in [6.45, 7) is 3.60. The second-order valence-electron chi connectivity index (χ2n) is 3.97. The Kier molecular flexibility index (Phi) is 3.74. The zero-order valence-electron chi connectivity index (χ0n) is 9.33. The summed E-state index contributed by atoms with van der Waals surface area (Å²) in [6, 6.07) is 5.03. The van der Waals surface area contributed by atoms with Crippen molar-refractivity contribution in [2.45, 2.75) is 19.4 Å². The molecule has 0 spiro atoms. The van der Waals surface area contributed by atoms with Gasteiger partial charge in [-0.1, -0.05) is 6.07 Å². The number of halogens is 1. The first kappa shape index (κ1) is 11.4. The molecule has 1 fully saturated rings. The summed E-state index contributed by atoms with van der Waals surface area (Å²) < 4.78 is 23.8. The fourth-order valence-electron chi connectivity index (χ4n) is 1.66. The Morgan fingerprint density at radius 1 is 1.50 bits per heavy atom. The van der Waals surface area contributed by atoms with Crippen LogP contribution < -0.4 is 5.32 Å². The Balaban J connectivity index is 1.90. The van der Waals surface area contributed by atoms with E-state index >= 15 is 0 Å². The molecule has 1 aromatic carbocycles. The third-order valence-electron chi connectivity index (χ3n) is 2.61. The molecular formula is C12H16FNO2. The minimum Gasteiger partial charge on any atom is -0.380 e. The van der Waals surface area contributed by atoms with Crippen LogP contribution >= 0.6 is 0 Å². The summed E-state index contributed by atoms with van der Waals surface area (Å²) in [7, 11) is 0. The van der Waals surface area contributed by atoms with E-state index in [1.54, 1.807) is 12.1 Å². The maximum Gasteiger partial charge on any atom is 0.147 e. The van der Waals surface area contributed by atoms with Crippen LogP contribution in [0.5, 0.6) is 0 Å². The van der Waals surface area contributed by atoms with Gasteiger partial charge in [-0.25, -0.2) is 4.39 Å². The quantitative estimate of drug-likeness (QED) is 0.856. The Morgan fingerprint density at radius 3 is 3.12 bits per heavy atom. The molecule has 0 aliphatic carbocycles. The molecule has 16 heavy (non-hydrogen) atoms. The molecule has 1 aromatic rings. The van der Waals surface area contributed by atoms with Crippen LogP contribution in [0.15, 0.2) is 18.2 Å². The zero-order valence-corrected chi connectivity index (χ0v) is 9.33. The van der Waals surface area contributed by atoms with E-state index in [-0.39, 0.29) is 11.9 Å². The first-order valence-electron chi connectivity index (χ1n) is 5.45. The number of hydrogen-bond acceptors (Lipinski definition) is 3. The van der Waals surface area contributed by atoms with E-state index in [0.29, 0.717) is 25.6 Å². The molecule has 0 aromatic heterocycles. The average molecular weight is 225 g/mol. The van der Waals surface area contributed by atoms with E-state index in [1.807, 2.05) is 6.92 Å². The number of hydrogen-bond donors (Lipinski definition) is 1. The van der Waals surface area contributed by atoms with Crippen molar-refractivity contribution >= 4 is 5.69 Å². The summed E-state index contributed by atoms with van der Waals surface area (Å²) in [5.74, 6) is -0.224. The Morgan fingerprint density at radius 2 is 2.38 bits per heavy atom. The summed E-state index contributed by atoms with van der Waals surface area (Å²) in [4.78, 5) is 0. The number of rotatable bonds is 3. The first-order valence-corrected chi connectivity index (χ1v) is 5.45. The number of benzene rings is 1. The van der Waals surface area contributed by atoms with Gasteiger partial charge < -0.3 is 14.8 Å². The predicted octanol–water partition coefficient (Wildman–Crippen LogP) is 2.31. The predicted molar refractivity (Wildman–Crippen MR) is 59.9 cm³/mol. The third kappa shape index (κ3) is 2.93. The molecule has 1 aliphatic heterocycles. The van der Waals surface area contributed by atoms with Gasteiger partial charge in [0.25, 0.3) is 0 Å². The minimum atomic E-state index is -0.224. The number of ether oxygens (including phenoxy) is 2. The van der Waals surface area contributed by atoms with Crippen molar-refractivity contribution < 1.29 is 13.9 Å². The van der Waals surface area contributed by atoms with E-state index in [0.717, 1.165) is 12.0 Å². The van der Waals surface area contributed by atoms with Gasteiger partial charge in [0.05, 0.1) is 18.4 Å². The van der Waals surface area contributed by atoms with Crippen molar-refractivity contribution in [3.8, 4) is 0 Å². The molecule has 0 radical (unpaired) electrons. The summed E-state index contributed by atoms with van der Waals surface area (Å²) in [5, 5.41) is 3.07. The zero-order chi connectivity index (χ0) is 11.4. The van der Waals surface area contributed by atoms with E-state index in [1.165, 1.54) is 6.07 Å². The lowest BCUT2D eigenvalue weighted by molar-refractivity contribution is -0.133. The first-order chi connectivity index (χ1) is 7.75. The van der Waals surface area contributed by atoms with E-state index in [2.05, 4.69) is 5.32 Å². The van der Waals surface area contributed by atoms with Gasteiger partial charge in [-0.15, -0.1) is 0 Å². The van der Waals surface area contributed by atoms with Crippen LogP contribution in [0.1, 0.15) is 12.0 Å². The SMILES string of the molecule is Cc1ccc(F)c(NCC2CCOCO2)c1. The minimum absolute atomic E-state index is 0.105. The van der Waals surface area contributed by atoms with E-state index in [9.17, 15) is 4.39 Å². The van der Waals surface area contributed by atoms with Gasteiger partial charge in [0.2, 0.25) is 0 Å². The molecule has 0 saturated carbocycles. The molecule has 1 heterocycles. The van der Waals surface area contributed by atoms with Crippen LogP contribution in [-0.4, -0.2) is 26.0 Å². The molecule has 1 aliphatic rings. The van der Waals surface area contributed by atoms with Gasteiger partial charge in [0.15, 0.2) is 0 Å². The molecule has 1 saturated heterocycles. The van der Waals surface area contributed by atoms with Crippen molar-refractivity contribution in [2.75, 3.05) is 25.3 Å². The molecule has 1 N–H and O–H groups in total. The maximum absolute atomic E-state index is 13.4. The highest BCUT2D eigenvalue weighted by Gasteiger charge is 2.14. The van der Waals surface area contributed by atoms with E-state index in [4.69, 9.17) is 9.47 Å². The lowest BCUT2D eigenvalue weighted by Gasteiger charge is -2.23. The Labute approximate surface area is 94.6 Å². The summed E-state index contributed by atoms with van der Waals surface area (Å²) in [6.07, 6.45) is 0.953. The molecule has 4 heteroatoms. The molecule has 0 amide bonds. The molecule has 2 rings (SSSR count). The summed E-state index contributed by atoms with van der Waals surface area (Å²) in [5.41, 5.74) is 1.58. The molecule has 1 unspecified atom stereocenters. The third-order valence-corrected chi connectivity index (χ3v) is 2.61. The fraction of sp³-hybridized carbons (Fsp3) is 0.500. The molecule has 88 valence electrons. The molecule has 3 nitrogen and oxygen atoms in total. The van der Waals surface area contributed by atoms with Crippen LogP contribution in [0.25, 0.3) is 0 Å². The van der Waals surface area contributed by atoms with Gasteiger partial charge in [-0.2, -0.15) is 0 Å². The largest absolute Gasteiger partial charge is 0.380 e. The highest BCUT2D eigenvalue weighted by atomic mass is 19.1. The van der Waals surface area contributed by atoms with Gasteiger partial charge in [-0.3, -0.25) is 0 Å². The average Bonchev–Trinajstić information content (AvgIpc) is 2.32. The molecule has 1 atom stereocenters. The van der Waals surface area contributed by atoms with Crippen molar-refractivity contribution in [1.82, 2.24) is 0 Å². The monoisotopic (exact) mass is 225 g/mol. The Hall–Kier alpha value is -1.13. The lowest BCUT2D eigenvalue weighted by atomic mass is 10.2. The fourth-order valence-corrected chi connectivity index (χ4v) is 1.66. The summed E-state index contributed by atoms with van der Waals surface area (Å²) >= 11 is 0. The topological polar surface area (TPSA) is 30.5 Å². The van der Waals surface area contributed by atoms with Gasteiger partial charge >= 0.3 is 0 Å². The highest BCUT2D eigenvalue weighted by molar-refractivity contribution is 5.47. The van der Waals surface area contributed by atoms with E-state index < -0.39 is 0 Å². The standard InChI is InChI=1S/C12H16FNO2/c1-9-2-3-11(13)12(6-9)14-7-10-4-5-15-8-16-10/h2-3,6,10,14H,4-5,7-8H2,1H3. The molecule has 0 bridgehead atoms. The van der Waals surface area contributed by atoms with Crippen LogP contribution in [0.4, 0.5) is 10.1 Å². The highest BCUT2D eigenvalue weighted by Crippen LogP contribution is 2.16.